The summed E-state index contributed by atoms with van der Waals surface area (Å²) in [6.45, 7) is 4.58. The molecule has 0 bridgehead atoms. The number of aromatic nitrogens is 3. The summed E-state index contributed by atoms with van der Waals surface area (Å²) in [6.07, 6.45) is 7.11. The molecule has 2 N–H and O–H groups in total. The zero-order valence-electron chi connectivity index (χ0n) is 12.1. The molecule has 110 valence electrons. The first-order valence-corrected chi connectivity index (χ1v) is 6.82. The Labute approximate surface area is 122 Å². The summed E-state index contributed by atoms with van der Waals surface area (Å²) in [4.78, 5) is 8.31. The largest absolute Gasteiger partial charge is 0.463 e. The number of imidazole rings is 1. The van der Waals surface area contributed by atoms with Crippen molar-refractivity contribution in [3.63, 3.8) is 0 Å². The van der Waals surface area contributed by atoms with Crippen molar-refractivity contribution in [1.82, 2.24) is 19.7 Å². The average Bonchev–Trinajstić information content (AvgIpc) is 3.06. The van der Waals surface area contributed by atoms with Crippen molar-refractivity contribution in [2.24, 2.45) is 0 Å². The molecule has 0 aliphatic carbocycles. The monoisotopic (exact) mass is 286 g/mol. The number of rotatable bonds is 5. The molecular formula is C15H18N4O2. The van der Waals surface area contributed by atoms with Crippen LogP contribution in [-0.2, 0) is 12.1 Å². The Morgan fingerprint density at radius 2 is 2.24 bits per heavy atom. The molecule has 0 saturated heterocycles. The lowest BCUT2D eigenvalue weighted by molar-refractivity contribution is 0.0332. The molecule has 3 rings (SSSR count). The van der Waals surface area contributed by atoms with Gasteiger partial charge in [0.05, 0.1) is 18.1 Å². The number of aliphatic hydroxyl groups is 1. The molecular weight excluding hydrogens is 268 g/mol. The van der Waals surface area contributed by atoms with Gasteiger partial charge in [0, 0.05) is 25.5 Å². The second-order valence-electron chi connectivity index (χ2n) is 5.34. The highest BCUT2D eigenvalue weighted by atomic mass is 16.4. The van der Waals surface area contributed by atoms with E-state index in [0.29, 0.717) is 18.8 Å². The fraction of sp³-hybridized carbons (Fsp3) is 0.333. The van der Waals surface area contributed by atoms with E-state index >= 15 is 0 Å². The Kier molecular flexibility index (Phi) is 3.48. The smallest absolute Gasteiger partial charge is 0.155 e. The Morgan fingerprint density at radius 1 is 1.38 bits per heavy atom. The van der Waals surface area contributed by atoms with Crippen LogP contribution < -0.4 is 5.32 Å². The molecule has 0 radical (unpaired) electrons. The third-order valence-corrected chi connectivity index (χ3v) is 3.44. The molecule has 0 saturated carbocycles. The van der Waals surface area contributed by atoms with Gasteiger partial charge in [-0.2, -0.15) is 0 Å². The molecule has 3 aromatic heterocycles. The summed E-state index contributed by atoms with van der Waals surface area (Å²) in [5, 5.41) is 13.7. The normalized spacial score (nSPS) is 14.4. The highest BCUT2D eigenvalue weighted by Gasteiger charge is 2.26. The highest BCUT2D eigenvalue weighted by Crippen LogP contribution is 2.22. The van der Waals surface area contributed by atoms with Gasteiger partial charge in [0.15, 0.2) is 5.65 Å². The lowest BCUT2D eigenvalue weighted by atomic mass is 10.0. The predicted molar refractivity (Wildman–Crippen MR) is 77.7 cm³/mol. The van der Waals surface area contributed by atoms with E-state index in [1.165, 1.54) is 0 Å². The van der Waals surface area contributed by atoms with Crippen LogP contribution in [0.1, 0.15) is 24.1 Å². The van der Waals surface area contributed by atoms with Gasteiger partial charge in [0.2, 0.25) is 0 Å². The summed E-state index contributed by atoms with van der Waals surface area (Å²) in [7, 11) is 0. The maximum atomic E-state index is 10.5. The van der Waals surface area contributed by atoms with Crippen LogP contribution in [0.25, 0.3) is 5.65 Å². The fourth-order valence-electron chi connectivity index (χ4n) is 2.27. The summed E-state index contributed by atoms with van der Waals surface area (Å²) < 4.78 is 7.45. The highest BCUT2D eigenvalue weighted by molar-refractivity contribution is 5.36. The second kappa shape index (κ2) is 5.31. The van der Waals surface area contributed by atoms with Crippen molar-refractivity contribution >= 4 is 5.65 Å². The summed E-state index contributed by atoms with van der Waals surface area (Å²) >= 11 is 0. The van der Waals surface area contributed by atoms with E-state index in [1.54, 1.807) is 31.6 Å². The van der Waals surface area contributed by atoms with Crippen LogP contribution in [0.2, 0.25) is 0 Å². The van der Waals surface area contributed by atoms with Gasteiger partial charge in [-0.25, -0.2) is 4.98 Å². The molecule has 1 unspecified atom stereocenters. The van der Waals surface area contributed by atoms with Crippen molar-refractivity contribution in [3.05, 3.63) is 54.1 Å². The standard InChI is InChI=1S/C15H18N4O2/c1-11-3-4-13(21-11)15(2,20)10-17-7-12-8-18-14-9-16-5-6-19(12)14/h3-6,8-9,17,20H,7,10H2,1-2H3. The van der Waals surface area contributed by atoms with Crippen molar-refractivity contribution < 1.29 is 9.52 Å². The van der Waals surface area contributed by atoms with Crippen LogP contribution in [0.5, 0.6) is 0 Å². The molecule has 21 heavy (non-hydrogen) atoms. The Morgan fingerprint density at radius 3 is 3.00 bits per heavy atom. The Bertz CT molecular complexity index is 745. The van der Waals surface area contributed by atoms with E-state index < -0.39 is 5.60 Å². The molecule has 0 aliphatic rings. The SMILES string of the molecule is Cc1ccc(C(C)(O)CNCc2cnc3cnccn23)o1. The van der Waals surface area contributed by atoms with E-state index in [2.05, 4.69) is 15.3 Å². The van der Waals surface area contributed by atoms with E-state index in [-0.39, 0.29) is 0 Å². The van der Waals surface area contributed by atoms with Gasteiger partial charge < -0.3 is 14.8 Å². The van der Waals surface area contributed by atoms with Crippen LogP contribution >= 0.6 is 0 Å². The fourth-order valence-corrected chi connectivity index (χ4v) is 2.27. The van der Waals surface area contributed by atoms with Crippen LogP contribution in [0.15, 0.2) is 41.3 Å². The maximum absolute atomic E-state index is 10.5. The van der Waals surface area contributed by atoms with E-state index in [0.717, 1.165) is 17.1 Å². The first kappa shape index (κ1) is 13.8. The van der Waals surface area contributed by atoms with Crippen LogP contribution in [0, 0.1) is 6.92 Å². The quantitative estimate of drug-likeness (QED) is 0.745. The number of nitrogens with zero attached hydrogens (tertiary/aromatic N) is 3. The third kappa shape index (κ3) is 2.81. The molecule has 0 amide bonds. The zero-order chi connectivity index (χ0) is 14.9. The Hall–Kier alpha value is -2.18. The van der Waals surface area contributed by atoms with Gasteiger partial charge in [-0.1, -0.05) is 0 Å². The van der Waals surface area contributed by atoms with Crippen molar-refractivity contribution in [2.45, 2.75) is 26.0 Å². The van der Waals surface area contributed by atoms with Gasteiger partial charge in [-0.15, -0.1) is 0 Å². The second-order valence-corrected chi connectivity index (χ2v) is 5.34. The molecule has 6 heteroatoms. The minimum Gasteiger partial charge on any atom is -0.463 e. The van der Waals surface area contributed by atoms with E-state index in [1.807, 2.05) is 23.6 Å². The minimum atomic E-state index is -1.05. The average molecular weight is 286 g/mol. The number of hydrogen-bond acceptors (Lipinski definition) is 5. The molecule has 3 heterocycles. The molecule has 0 aliphatic heterocycles. The van der Waals surface area contributed by atoms with Gasteiger partial charge in [-0.3, -0.25) is 9.38 Å². The van der Waals surface area contributed by atoms with Crippen LogP contribution in [-0.4, -0.2) is 26.0 Å². The predicted octanol–water partition coefficient (Wildman–Crippen LogP) is 1.63. The van der Waals surface area contributed by atoms with Crippen LogP contribution in [0.3, 0.4) is 0 Å². The zero-order valence-corrected chi connectivity index (χ0v) is 12.1. The summed E-state index contributed by atoms with van der Waals surface area (Å²) in [6, 6.07) is 3.65. The van der Waals surface area contributed by atoms with Crippen LogP contribution in [0.4, 0.5) is 0 Å². The van der Waals surface area contributed by atoms with Crippen molar-refractivity contribution in [3.8, 4) is 0 Å². The van der Waals surface area contributed by atoms with Crippen molar-refractivity contribution in [2.75, 3.05) is 6.54 Å². The van der Waals surface area contributed by atoms with Crippen molar-refractivity contribution in [1.29, 1.82) is 0 Å². The van der Waals surface area contributed by atoms with Gasteiger partial charge in [-0.05, 0) is 26.0 Å². The topological polar surface area (TPSA) is 75.6 Å². The van der Waals surface area contributed by atoms with Gasteiger partial charge in [0.25, 0.3) is 0 Å². The number of nitrogens with one attached hydrogen (secondary N) is 1. The lowest BCUT2D eigenvalue weighted by Gasteiger charge is -2.21. The minimum absolute atomic E-state index is 0.387. The Balaban J connectivity index is 1.66. The lowest BCUT2D eigenvalue weighted by Crippen LogP contribution is -2.35. The number of hydrogen-bond donors (Lipinski definition) is 2. The molecule has 0 spiro atoms. The summed E-state index contributed by atoms with van der Waals surface area (Å²) in [5.41, 5.74) is 0.776. The van der Waals surface area contributed by atoms with Gasteiger partial charge >= 0.3 is 0 Å². The summed E-state index contributed by atoms with van der Waals surface area (Å²) in [5.74, 6) is 1.36. The number of fused-ring (bicyclic) bond motifs is 1. The molecule has 6 nitrogen and oxygen atoms in total. The molecule has 1 atom stereocenters. The molecule has 0 aromatic carbocycles. The van der Waals surface area contributed by atoms with E-state index in [9.17, 15) is 5.11 Å². The first-order valence-electron chi connectivity index (χ1n) is 6.82. The maximum Gasteiger partial charge on any atom is 0.155 e. The number of aryl methyl sites for hydroxylation is 1. The molecule has 0 fully saturated rings. The van der Waals surface area contributed by atoms with E-state index in [4.69, 9.17) is 4.42 Å². The first-order chi connectivity index (χ1) is 10.1. The van der Waals surface area contributed by atoms with Gasteiger partial charge in [0.1, 0.15) is 17.1 Å². The molecule has 3 aromatic rings. The number of furan rings is 1. The third-order valence-electron chi connectivity index (χ3n) is 3.44.